The summed E-state index contributed by atoms with van der Waals surface area (Å²) in [6.07, 6.45) is -0.548. The van der Waals surface area contributed by atoms with Crippen LogP contribution in [0.3, 0.4) is 0 Å². The van der Waals surface area contributed by atoms with Crippen LogP contribution in [0.2, 0.25) is 0 Å². The van der Waals surface area contributed by atoms with Crippen LogP contribution in [0.1, 0.15) is 19.4 Å². The molecule has 0 spiro atoms. The van der Waals surface area contributed by atoms with Crippen molar-refractivity contribution in [2.45, 2.75) is 20.0 Å². The summed E-state index contributed by atoms with van der Waals surface area (Å²) in [5.41, 5.74) is 1.26. The van der Waals surface area contributed by atoms with Crippen molar-refractivity contribution in [1.29, 1.82) is 5.26 Å². The van der Waals surface area contributed by atoms with Gasteiger partial charge < -0.3 is 4.74 Å². The molecule has 0 saturated carbocycles. The van der Waals surface area contributed by atoms with Crippen LogP contribution in [0.25, 0.3) is 0 Å². The van der Waals surface area contributed by atoms with Crippen molar-refractivity contribution in [3.63, 3.8) is 0 Å². The number of ether oxygens (including phenoxy) is 1. The van der Waals surface area contributed by atoms with Gasteiger partial charge in [0, 0.05) is 12.7 Å². The van der Waals surface area contributed by atoms with Gasteiger partial charge in [-0.15, -0.1) is 0 Å². The predicted molar refractivity (Wildman–Crippen MR) is 61.2 cm³/mol. The molecule has 16 heavy (non-hydrogen) atoms. The van der Waals surface area contributed by atoms with Crippen molar-refractivity contribution >= 4 is 11.8 Å². The third-order valence-corrected chi connectivity index (χ3v) is 1.99. The van der Waals surface area contributed by atoms with Crippen LogP contribution in [-0.2, 0) is 4.74 Å². The van der Waals surface area contributed by atoms with E-state index in [0.717, 1.165) is 0 Å². The largest absolute Gasteiger partial charge is 0.446 e. The first kappa shape index (κ1) is 12.1. The summed E-state index contributed by atoms with van der Waals surface area (Å²) < 4.78 is 5.04. The maximum absolute atomic E-state index is 11.5. The molecular weight excluding hydrogens is 204 g/mol. The number of nitriles is 1. The third kappa shape index (κ3) is 2.99. The lowest BCUT2D eigenvalue weighted by Gasteiger charge is -2.18. The molecule has 0 radical (unpaired) electrons. The van der Waals surface area contributed by atoms with Crippen molar-refractivity contribution < 1.29 is 9.53 Å². The predicted octanol–water partition coefficient (Wildman–Crippen LogP) is 2.54. The highest BCUT2D eigenvalue weighted by Crippen LogP contribution is 2.14. The summed E-state index contributed by atoms with van der Waals surface area (Å²) in [4.78, 5) is 13.0. The summed E-state index contributed by atoms with van der Waals surface area (Å²) in [5, 5.41) is 8.64. The average molecular weight is 218 g/mol. The zero-order valence-electron chi connectivity index (χ0n) is 9.60. The molecule has 4 nitrogen and oxygen atoms in total. The maximum atomic E-state index is 11.5. The highest BCUT2D eigenvalue weighted by atomic mass is 16.6. The van der Waals surface area contributed by atoms with Gasteiger partial charge in [0.2, 0.25) is 0 Å². The number of anilines is 1. The Bertz CT molecular complexity index is 404. The van der Waals surface area contributed by atoms with E-state index in [1.807, 2.05) is 6.07 Å². The van der Waals surface area contributed by atoms with Crippen molar-refractivity contribution in [2.24, 2.45) is 0 Å². The van der Waals surface area contributed by atoms with Gasteiger partial charge >= 0.3 is 6.09 Å². The molecule has 0 aromatic heterocycles. The van der Waals surface area contributed by atoms with Crippen molar-refractivity contribution in [2.75, 3.05) is 11.9 Å². The molecule has 0 unspecified atom stereocenters. The number of hydrogen-bond acceptors (Lipinski definition) is 3. The van der Waals surface area contributed by atoms with Gasteiger partial charge in [0.1, 0.15) is 0 Å². The molecule has 0 aliphatic carbocycles. The van der Waals surface area contributed by atoms with Gasteiger partial charge in [-0.3, -0.25) is 4.90 Å². The van der Waals surface area contributed by atoms with Crippen molar-refractivity contribution in [3.8, 4) is 6.07 Å². The number of amides is 1. The van der Waals surface area contributed by atoms with Crippen LogP contribution in [-0.4, -0.2) is 19.2 Å². The minimum Gasteiger partial charge on any atom is -0.446 e. The molecule has 1 aromatic carbocycles. The lowest BCUT2D eigenvalue weighted by Crippen LogP contribution is -2.29. The third-order valence-electron chi connectivity index (χ3n) is 1.99. The van der Waals surface area contributed by atoms with Gasteiger partial charge in [-0.2, -0.15) is 5.26 Å². The van der Waals surface area contributed by atoms with Crippen molar-refractivity contribution in [3.05, 3.63) is 29.8 Å². The molecule has 0 bridgehead atoms. The quantitative estimate of drug-likeness (QED) is 0.766. The fraction of sp³-hybridized carbons (Fsp3) is 0.333. The zero-order chi connectivity index (χ0) is 12.1. The molecule has 84 valence electrons. The van der Waals surface area contributed by atoms with Crippen LogP contribution < -0.4 is 4.90 Å². The van der Waals surface area contributed by atoms with E-state index in [2.05, 4.69) is 0 Å². The Balaban J connectivity index is 2.76. The van der Waals surface area contributed by atoms with Crippen LogP contribution in [0.5, 0.6) is 0 Å². The molecule has 4 heteroatoms. The van der Waals surface area contributed by atoms with E-state index in [-0.39, 0.29) is 6.10 Å². The molecule has 1 rings (SSSR count). The Morgan fingerprint density at radius 1 is 1.38 bits per heavy atom. The summed E-state index contributed by atoms with van der Waals surface area (Å²) in [5.74, 6) is 0. The van der Waals surface area contributed by atoms with E-state index in [1.54, 1.807) is 45.2 Å². The van der Waals surface area contributed by atoms with Gasteiger partial charge in [-0.1, -0.05) is 0 Å². The highest BCUT2D eigenvalue weighted by Gasteiger charge is 2.13. The smallest absolute Gasteiger partial charge is 0.414 e. The van der Waals surface area contributed by atoms with E-state index in [1.165, 1.54) is 4.90 Å². The molecule has 0 aliphatic heterocycles. The van der Waals surface area contributed by atoms with Gasteiger partial charge in [0.25, 0.3) is 0 Å². The van der Waals surface area contributed by atoms with E-state index < -0.39 is 6.09 Å². The van der Waals surface area contributed by atoms with Gasteiger partial charge in [0.15, 0.2) is 0 Å². The molecule has 0 saturated heterocycles. The number of carbonyl (C=O) groups is 1. The number of carbonyl (C=O) groups excluding carboxylic acids is 1. The lowest BCUT2D eigenvalue weighted by molar-refractivity contribution is 0.124. The lowest BCUT2D eigenvalue weighted by atomic mass is 10.2. The molecule has 0 fully saturated rings. The second-order valence-corrected chi connectivity index (χ2v) is 3.65. The van der Waals surface area contributed by atoms with E-state index in [4.69, 9.17) is 10.00 Å². The Kier molecular flexibility index (Phi) is 3.90. The first-order valence-electron chi connectivity index (χ1n) is 4.99. The van der Waals surface area contributed by atoms with Gasteiger partial charge in [-0.05, 0) is 38.1 Å². The molecule has 0 aliphatic rings. The Morgan fingerprint density at radius 3 is 2.38 bits per heavy atom. The topological polar surface area (TPSA) is 53.3 Å². The average Bonchev–Trinajstić information content (AvgIpc) is 2.27. The van der Waals surface area contributed by atoms with E-state index in [9.17, 15) is 4.79 Å². The molecular formula is C12H14N2O2. The van der Waals surface area contributed by atoms with Crippen molar-refractivity contribution in [1.82, 2.24) is 0 Å². The van der Waals surface area contributed by atoms with Gasteiger partial charge in [0.05, 0.1) is 17.7 Å². The number of benzene rings is 1. The molecule has 0 atom stereocenters. The second-order valence-electron chi connectivity index (χ2n) is 3.65. The number of nitrogens with zero attached hydrogens (tertiary/aromatic N) is 2. The minimum absolute atomic E-state index is 0.145. The summed E-state index contributed by atoms with van der Waals surface area (Å²) in [6.45, 7) is 3.59. The molecule has 0 heterocycles. The molecule has 1 aromatic rings. The molecule has 1 amide bonds. The van der Waals surface area contributed by atoms with Gasteiger partial charge in [-0.25, -0.2) is 4.79 Å². The zero-order valence-corrected chi connectivity index (χ0v) is 9.60. The van der Waals surface area contributed by atoms with E-state index in [0.29, 0.717) is 11.3 Å². The SMILES string of the molecule is CC(C)OC(=O)N(C)c1ccc(C#N)cc1. The normalized spacial score (nSPS) is 9.69. The first-order valence-corrected chi connectivity index (χ1v) is 4.99. The van der Waals surface area contributed by atoms with Crippen LogP contribution in [0, 0.1) is 11.3 Å². The van der Waals surface area contributed by atoms with E-state index >= 15 is 0 Å². The fourth-order valence-corrected chi connectivity index (χ4v) is 1.15. The minimum atomic E-state index is -0.403. The monoisotopic (exact) mass is 218 g/mol. The highest BCUT2D eigenvalue weighted by molar-refractivity contribution is 5.87. The molecule has 0 N–H and O–H groups in total. The van der Waals surface area contributed by atoms with Crippen LogP contribution >= 0.6 is 0 Å². The second kappa shape index (κ2) is 5.17. The summed E-state index contributed by atoms with van der Waals surface area (Å²) >= 11 is 0. The maximum Gasteiger partial charge on any atom is 0.414 e. The summed E-state index contributed by atoms with van der Waals surface area (Å²) in [6, 6.07) is 8.76. The standard InChI is InChI=1S/C12H14N2O2/c1-9(2)16-12(15)14(3)11-6-4-10(8-13)5-7-11/h4-7,9H,1-3H3. The Labute approximate surface area is 95.0 Å². The fourth-order valence-electron chi connectivity index (χ4n) is 1.15. The first-order chi connectivity index (χ1) is 7.54. The Hall–Kier alpha value is -2.02. The van der Waals surface area contributed by atoms with Crippen LogP contribution in [0.15, 0.2) is 24.3 Å². The number of hydrogen-bond donors (Lipinski definition) is 0. The summed E-state index contributed by atoms with van der Waals surface area (Å²) in [7, 11) is 1.63. The van der Waals surface area contributed by atoms with Crippen LogP contribution in [0.4, 0.5) is 10.5 Å². The Morgan fingerprint density at radius 2 is 1.94 bits per heavy atom. The number of rotatable bonds is 2.